The number of anilines is 1. The third-order valence-corrected chi connectivity index (χ3v) is 5.91. The van der Waals surface area contributed by atoms with E-state index in [1.807, 2.05) is 13.8 Å². The van der Waals surface area contributed by atoms with Gasteiger partial charge in [0.05, 0.1) is 35.5 Å². The number of aromatic nitrogens is 2. The fraction of sp³-hybridized carbons (Fsp3) is 0.348. The van der Waals surface area contributed by atoms with Crippen molar-refractivity contribution < 1.29 is 22.7 Å². The largest absolute Gasteiger partial charge is 0.417 e. The predicted octanol–water partition coefficient (Wildman–Crippen LogP) is 5.05. The van der Waals surface area contributed by atoms with Gasteiger partial charge in [-0.2, -0.15) is 13.2 Å². The van der Waals surface area contributed by atoms with Gasteiger partial charge < -0.3 is 15.4 Å². The summed E-state index contributed by atoms with van der Waals surface area (Å²) in [5.74, 6) is 0.176. The van der Waals surface area contributed by atoms with Crippen LogP contribution in [0.4, 0.5) is 19.0 Å². The summed E-state index contributed by atoms with van der Waals surface area (Å²) >= 11 is 0. The van der Waals surface area contributed by atoms with E-state index in [1.165, 1.54) is 6.07 Å². The van der Waals surface area contributed by atoms with Crippen LogP contribution in [0.15, 0.2) is 36.5 Å². The summed E-state index contributed by atoms with van der Waals surface area (Å²) in [6.45, 7) is 6.21. The number of ether oxygens (including phenoxy) is 1. The molecule has 2 N–H and O–H groups in total. The highest BCUT2D eigenvalue weighted by Crippen LogP contribution is 2.38. The lowest BCUT2D eigenvalue weighted by molar-refractivity contribution is -0.137. The van der Waals surface area contributed by atoms with Crippen molar-refractivity contribution in [1.82, 2.24) is 14.9 Å². The lowest BCUT2D eigenvalue weighted by Crippen LogP contribution is -2.34. The lowest BCUT2D eigenvalue weighted by Gasteiger charge is -2.28. The summed E-state index contributed by atoms with van der Waals surface area (Å²) < 4.78 is 44.2. The highest BCUT2D eigenvalue weighted by molar-refractivity contribution is 5.99. The van der Waals surface area contributed by atoms with Crippen molar-refractivity contribution in [2.45, 2.75) is 45.7 Å². The minimum Gasteiger partial charge on any atom is -0.383 e. The number of hydrogen-bond acceptors (Lipinski definition) is 5. The van der Waals surface area contributed by atoms with Crippen molar-refractivity contribution >= 4 is 22.6 Å². The number of halogens is 3. The maximum atomic E-state index is 13.3. The highest BCUT2D eigenvalue weighted by atomic mass is 19.4. The second-order valence-corrected chi connectivity index (χ2v) is 7.81. The molecule has 9 heteroatoms. The molecule has 3 aromatic rings. The molecule has 6 nitrogen and oxygen atoms in total. The van der Waals surface area contributed by atoms with Gasteiger partial charge in [0.25, 0.3) is 5.91 Å². The Morgan fingerprint density at radius 3 is 2.69 bits per heavy atom. The fourth-order valence-corrected chi connectivity index (χ4v) is 4.14. The first-order chi connectivity index (χ1) is 15.1. The van der Waals surface area contributed by atoms with Gasteiger partial charge in [0, 0.05) is 29.3 Å². The molecule has 32 heavy (non-hydrogen) atoms. The average Bonchev–Trinajstić information content (AvgIpc) is 3.16. The summed E-state index contributed by atoms with van der Waals surface area (Å²) in [6, 6.07) is 6.98. The van der Waals surface area contributed by atoms with Gasteiger partial charge in [-0.25, -0.2) is 4.98 Å². The van der Waals surface area contributed by atoms with Crippen molar-refractivity contribution in [3.05, 3.63) is 64.5 Å². The van der Waals surface area contributed by atoms with Crippen LogP contribution in [0.25, 0.3) is 10.9 Å². The summed E-state index contributed by atoms with van der Waals surface area (Å²) in [4.78, 5) is 23.3. The minimum atomic E-state index is -4.46. The highest BCUT2D eigenvalue weighted by Gasteiger charge is 2.32. The zero-order chi connectivity index (χ0) is 23.2. The molecule has 3 heterocycles. The van der Waals surface area contributed by atoms with Gasteiger partial charge in [0.2, 0.25) is 0 Å². The average molecular weight is 444 g/mol. The number of carbonyl (C=O) groups excluding carboxylic acids is 1. The quantitative estimate of drug-likeness (QED) is 0.609. The van der Waals surface area contributed by atoms with Crippen LogP contribution in [0.5, 0.6) is 0 Å². The van der Waals surface area contributed by atoms with Crippen LogP contribution in [-0.2, 0) is 17.5 Å². The number of nitrogens with two attached hydrogens (primary N) is 1. The molecule has 0 spiro atoms. The topological polar surface area (TPSA) is 81.3 Å². The number of nitrogens with zero attached hydrogens (tertiary/aromatic N) is 3. The molecule has 1 aliphatic rings. The molecule has 1 amide bonds. The number of benzene rings is 1. The Morgan fingerprint density at radius 2 is 2.06 bits per heavy atom. The first-order valence-corrected chi connectivity index (χ1v) is 10.3. The molecule has 4 rings (SSSR count). The molecule has 1 aliphatic heterocycles. The van der Waals surface area contributed by atoms with E-state index < -0.39 is 17.8 Å². The maximum Gasteiger partial charge on any atom is 0.417 e. The van der Waals surface area contributed by atoms with Crippen LogP contribution in [0.1, 0.15) is 65.7 Å². The first kappa shape index (κ1) is 22.0. The standard InChI is InChI=1S/C23H23F3N4O2/c1-4-30(12(2)18-8-6-15(10-28-18)23(24,25)26)22(31)14-5-7-19-16(9-14)17-11-32-13(3)20(17)21(27)29-19/h5-10,12-13H,4,11H2,1-3H3,(H2,27,29)/t12?,13-/m1/s1. The van der Waals surface area contributed by atoms with E-state index in [0.717, 1.165) is 28.8 Å². The zero-order valence-corrected chi connectivity index (χ0v) is 17.9. The lowest BCUT2D eigenvalue weighted by atomic mass is 9.99. The molecule has 0 saturated heterocycles. The Hall–Kier alpha value is -3.20. The van der Waals surface area contributed by atoms with Gasteiger partial charge in [-0.3, -0.25) is 9.78 Å². The number of rotatable bonds is 4. The van der Waals surface area contributed by atoms with Gasteiger partial charge in [-0.05, 0) is 56.7 Å². The molecule has 0 radical (unpaired) electrons. The summed E-state index contributed by atoms with van der Waals surface area (Å²) in [5, 5.41) is 0.806. The number of pyridine rings is 2. The number of hydrogen-bond donors (Lipinski definition) is 1. The van der Waals surface area contributed by atoms with E-state index in [2.05, 4.69) is 9.97 Å². The van der Waals surface area contributed by atoms with E-state index in [9.17, 15) is 18.0 Å². The Labute approximate surface area is 183 Å². The van der Waals surface area contributed by atoms with Crippen molar-refractivity contribution in [1.29, 1.82) is 0 Å². The van der Waals surface area contributed by atoms with Gasteiger partial charge in [0.15, 0.2) is 0 Å². The van der Waals surface area contributed by atoms with Crippen LogP contribution in [0.3, 0.4) is 0 Å². The van der Waals surface area contributed by atoms with E-state index in [4.69, 9.17) is 10.5 Å². The van der Waals surface area contributed by atoms with Crippen molar-refractivity contribution in [3.63, 3.8) is 0 Å². The number of alkyl halides is 3. The van der Waals surface area contributed by atoms with Crippen LogP contribution in [0, 0.1) is 0 Å². The Kier molecular flexibility index (Phi) is 5.54. The molecule has 0 bridgehead atoms. The molecular weight excluding hydrogens is 421 g/mol. The molecule has 168 valence electrons. The molecule has 0 fully saturated rings. The summed E-state index contributed by atoms with van der Waals surface area (Å²) in [6.07, 6.45) is -3.83. The van der Waals surface area contributed by atoms with Gasteiger partial charge in [-0.1, -0.05) is 0 Å². The molecule has 0 aliphatic carbocycles. The number of amides is 1. The predicted molar refractivity (Wildman–Crippen MR) is 114 cm³/mol. The first-order valence-electron chi connectivity index (χ1n) is 10.3. The van der Waals surface area contributed by atoms with Crippen LogP contribution in [-0.4, -0.2) is 27.3 Å². The molecule has 1 aromatic carbocycles. The van der Waals surface area contributed by atoms with Crippen molar-refractivity contribution in [2.24, 2.45) is 0 Å². The SMILES string of the molecule is CCN(C(=O)c1ccc2nc(N)c3c(c2c1)CO[C@@H]3C)C(C)c1ccc(C(F)(F)F)cn1. The van der Waals surface area contributed by atoms with Crippen LogP contribution < -0.4 is 5.73 Å². The maximum absolute atomic E-state index is 13.3. The van der Waals surface area contributed by atoms with Gasteiger partial charge >= 0.3 is 6.18 Å². The van der Waals surface area contributed by atoms with E-state index in [1.54, 1.807) is 30.0 Å². The Bertz CT molecular complexity index is 1180. The third kappa shape index (κ3) is 3.77. The number of carbonyl (C=O) groups is 1. The fourth-order valence-electron chi connectivity index (χ4n) is 4.14. The number of fused-ring (bicyclic) bond motifs is 3. The Morgan fingerprint density at radius 1 is 1.31 bits per heavy atom. The Balaban J connectivity index is 1.67. The molecule has 2 atom stereocenters. The molecule has 1 unspecified atom stereocenters. The van der Waals surface area contributed by atoms with Gasteiger partial charge in [0.1, 0.15) is 5.82 Å². The zero-order valence-electron chi connectivity index (χ0n) is 17.9. The third-order valence-electron chi connectivity index (χ3n) is 5.91. The van der Waals surface area contributed by atoms with Crippen LogP contribution in [0.2, 0.25) is 0 Å². The summed E-state index contributed by atoms with van der Waals surface area (Å²) in [7, 11) is 0. The monoisotopic (exact) mass is 444 g/mol. The van der Waals surface area contributed by atoms with E-state index >= 15 is 0 Å². The van der Waals surface area contributed by atoms with E-state index in [-0.39, 0.29) is 12.0 Å². The van der Waals surface area contributed by atoms with Crippen molar-refractivity contribution in [2.75, 3.05) is 12.3 Å². The van der Waals surface area contributed by atoms with E-state index in [0.29, 0.717) is 35.7 Å². The van der Waals surface area contributed by atoms with Crippen molar-refractivity contribution in [3.8, 4) is 0 Å². The molecule has 0 saturated carbocycles. The smallest absolute Gasteiger partial charge is 0.383 e. The minimum absolute atomic E-state index is 0.167. The number of nitrogen functional groups attached to an aromatic ring is 1. The van der Waals surface area contributed by atoms with Crippen LogP contribution >= 0.6 is 0 Å². The normalized spacial score (nSPS) is 16.8. The second kappa shape index (κ2) is 8.05. The van der Waals surface area contributed by atoms with Gasteiger partial charge in [-0.15, -0.1) is 0 Å². The molecular formula is C23H23F3N4O2. The summed E-state index contributed by atoms with van der Waals surface area (Å²) in [5.41, 5.74) is 8.55. The molecule has 2 aromatic heterocycles. The second-order valence-electron chi connectivity index (χ2n) is 7.81.